The summed E-state index contributed by atoms with van der Waals surface area (Å²) in [6, 6.07) is 3.13. The maximum absolute atomic E-state index is 11.3. The summed E-state index contributed by atoms with van der Waals surface area (Å²) < 4.78 is 8.54. The maximum atomic E-state index is 11.3. The Kier molecular flexibility index (Phi) is 6.45. The number of fused-ring (bicyclic) bond motifs is 6. The summed E-state index contributed by atoms with van der Waals surface area (Å²) in [5.41, 5.74) is 10.5. The second-order valence-corrected chi connectivity index (χ2v) is 16.4. The lowest BCUT2D eigenvalue weighted by atomic mass is 9.63. The van der Waals surface area contributed by atoms with Gasteiger partial charge < -0.3 is 25.2 Å². The SMILES string of the molecule is CC1c2nn([C@@H](C)[C@@H]3CCCN3C)c3nc(-c4noc5c4CCC[C@@]54CCCc5sc(N)c(C#N)c54)nc(c23)N2C[C@](C)(O)CC[C@H]12. The number of nitrogens with zero attached hydrogens (tertiary/aromatic N) is 8. The number of likely N-dealkylation sites (tertiary alicyclic amines) is 1. The van der Waals surface area contributed by atoms with Crippen molar-refractivity contribution in [1.82, 2.24) is 29.8 Å². The standard InChI is InChI=1S/C35H43N9O2S/c1-18-22-11-14-34(3,45)17-43(22)32-25-27(18)40-44(19(2)23-9-7-15-42(23)4)33(25)39-31(38-32)28-20-8-5-12-35(29(20)46-41-28)13-6-10-24-26(35)21(16-36)30(37)47-24/h18-19,22-23,45H,5-15,17,37H2,1-4H3/t18?,19-,22+,23-,34+,35-/m0/s1. The zero-order valence-electron chi connectivity index (χ0n) is 27.7. The summed E-state index contributed by atoms with van der Waals surface area (Å²) in [6.07, 6.45) is 9.47. The van der Waals surface area contributed by atoms with Gasteiger partial charge >= 0.3 is 0 Å². The molecule has 47 heavy (non-hydrogen) atoms. The van der Waals surface area contributed by atoms with Crippen LogP contribution in [0.1, 0.15) is 117 Å². The summed E-state index contributed by atoms with van der Waals surface area (Å²) >= 11 is 1.56. The first-order valence-corrected chi connectivity index (χ1v) is 18.2. The number of piperidine rings is 1. The molecule has 9 rings (SSSR count). The van der Waals surface area contributed by atoms with E-state index in [1.54, 1.807) is 11.3 Å². The fraction of sp³-hybridized carbons (Fsp3) is 0.629. The molecule has 0 bridgehead atoms. The number of aromatic nitrogens is 5. The van der Waals surface area contributed by atoms with Crippen LogP contribution in [0, 0.1) is 11.3 Å². The summed E-state index contributed by atoms with van der Waals surface area (Å²) in [4.78, 5) is 16.6. The molecule has 3 aliphatic heterocycles. The number of nitrogen functional groups attached to an aromatic ring is 1. The minimum absolute atomic E-state index is 0.128. The summed E-state index contributed by atoms with van der Waals surface area (Å²) in [5.74, 6) is 2.45. The van der Waals surface area contributed by atoms with Gasteiger partial charge in [-0.1, -0.05) is 12.1 Å². The first kappa shape index (κ1) is 29.6. The fourth-order valence-electron chi connectivity index (χ4n) is 10.00. The Labute approximate surface area is 278 Å². The normalized spacial score (nSPS) is 30.7. The number of hydrogen-bond donors (Lipinski definition) is 2. The number of thiophene rings is 1. The quantitative estimate of drug-likeness (QED) is 0.293. The lowest BCUT2D eigenvalue weighted by molar-refractivity contribution is 0.0337. The average molecular weight is 654 g/mol. The Morgan fingerprint density at radius 2 is 1.96 bits per heavy atom. The summed E-state index contributed by atoms with van der Waals surface area (Å²) in [6.45, 7) is 8.07. The number of aryl methyl sites for hydroxylation is 1. The van der Waals surface area contributed by atoms with Crippen molar-refractivity contribution in [2.24, 2.45) is 0 Å². The second kappa shape index (κ2) is 10.2. The van der Waals surface area contributed by atoms with Gasteiger partial charge in [-0.25, -0.2) is 14.6 Å². The van der Waals surface area contributed by atoms with E-state index in [0.717, 1.165) is 104 Å². The molecule has 6 atom stereocenters. The number of likely N-dealkylation sites (N-methyl/N-ethyl adjacent to an activating group) is 1. The van der Waals surface area contributed by atoms with Crippen LogP contribution >= 0.6 is 11.3 Å². The van der Waals surface area contributed by atoms with Crippen molar-refractivity contribution in [3.63, 3.8) is 0 Å². The van der Waals surface area contributed by atoms with Crippen LogP contribution in [0.4, 0.5) is 10.8 Å². The van der Waals surface area contributed by atoms with Gasteiger partial charge in [0.05, 0.1) is 33.7 Å². The molecular formula is C35H43N9O2S. The highest BCUT2D eigenvalue weighted by molar-refractivity contribution is 7.16. The largest absolute Gasteiger partial charge is 0.389 e. The minimum Gasteiger partial charge on any atom is -0.389 e. The first-order chi connectivity index (χ1) is 22.6. The topological polar surface area (TPSA) is 146 Å². The van der Waals surface area contributed by atoms with E-state index >= 15 is 0 Å². The van der Waals surface area contributed by atoms with Crippen molar-refractivity contribution in [2.75, 3.05) is 30.8 Å². The molecule has 2 aliphatic carbocycles. The Hall–Kier alpha value is -3.53. The van der Waals surface area contributed by atoms with E-state index in [0.29, 0.717) is 34.7 Å². The van der Waals surface area contributed by atoms with Crippen molar-refractivity contribution in [3.8, 4) is 17.6 Å². The predicted octanol–water partition coefficient (Wildman–Crippen LogP) is 5.45. The Balaban J connectivity index is 1.25. The van der Waals surface area contributed by atoms with Gasteiger partial charge in [-0.2, -0.15) is 10.4 Å². The molecule has 0 aromatic carbocycles. The molecule has 5 aliphatic rings. The third kappa shape index (κ3) is 4.09. The van der Waals surface area contributed by atoms with E-state index in [4.69, 9.17) is 30.5 Å². The molecule has 0 amide bonds. The van der Waals surface area contributed by atoms with E-state index in [9.17, 15) is 10.4 Å². The Morgan fingerprint density at radius 1 is 1.15 bits per heavy atom. The smallest absolute Gasteiger partial charge is 0.186 e. The molecule has 0 saturated carbocycles. The molecule has 3 N–H and O–H groups in total. The zero-order valence-corrected chi connectivity index (χ0v) is 28.5. The number of nitriles is 1. The van der Waals surface area contributed by atoms with Gasteiger partial charge in [-0.05, 0) is 97.2 Å². The lowest BCUT2D eigenvalue weighted by Gasteiger charge is -2.47. The number of aliphatic hydroxyl groups is 1. The monoisotopic (exact) mass is 653 g/mol. The van der Waals surface area contributed by atoms with Gasteiger partial charge in [0, 0.05) is 35.0 Å². The van der Waals surface area contributed by atoms with Crippen LogP contribution in [-0.4, -0.2) is 72.7 Å². The highest BCUT2D eigenvalue weighted by atomic mass is 32.1. The van der Waals surface area contributed by atoms with Crippen LogP contribution in [0.2, 0.25) is 0 Å². The third-order valence-electron chi connectivity index (χ3n) is 12.3. The van der Waals surface area contributed by atoms with Crippen LogP contribution in [-0.2, 0) is 18.3 Å². The maximum Gasteiger partial charge on any atom is 0.186 e. The fourth-order valence-corrected chi connectivity index (χ4v) is 11.2. The van der Waals surface area contributed by atoms with Crippen LogP contribution in [0.3, 0.4) is 0 Å². The molecule has 246 valence electrons. The molecule has 12 heteroatoms. The molecule has 11 nitrogen and oxygen atoms in total. The molecule has 1 unspecified atom stereocenters. The Morgan fingerprint density at radius 3 is 2.72 bits per heavy atom. The summed E-state index contributed by atoms with van der Waals surface area (Å²) in [7, 11) is 2.21. The van der Waals surface area contributed by atoms with E-state index < -0.39 is 11.0 Å². The highest BCUT2D eigenvalue weighted by Crippen LogP contribution is 2.55. The van der Waals surface area contributed by atoms with E-state index in [1.165, 1.54) is 11.3 Å². The number of nitrogens with two attached hydrogens (primary N) is 1. The highest BCUT2D eigenvalue weighted by Gasteiger charge is 2.50. The lowest BCUT2D eigenvalue weighted by Crippen LogP contribution is -2.54. The second-order valence-electron chi connectivity index (χ2n) is 15.2. The molecule has 1 spiro atoms. The van der Waals surface area contributed by atoms with Crippen LogP contribution in [0.25, 0.3) is 22.6 Å². The van der Waals surface area contributed by atoms with Gasteiger partial charge in [0.25, 0.3) is 0 Å². The molecule has 2 fully saturated rings. The molecule has 0 radical (unpaired) electrons. The molecule has 2 saturated heterocycles. The van der Waals surface area contributed by atoms with Crippen LogP contribution in [0.5, 0.6) is 0 Å². The van der Waals surface area contributed by atoms with E-state index in [2.05, 4.69) is 41.4 Å². The molecule has 4 aromatic rings. The average Bonchev–Trinajstić information content (AvgIpc) is 3.83. The van der Waals surface area contributed by atoms with Crippen LogP contribution in [0.15, 0.2) is 4.52 Å². The van der Waals surface area contributed by atoms with Crippen molar-refractivity contribution in [3.05, 3.63) is 33.0 Å². The van der Waals surface area contributed by atoms with E-state index in [-0.39, 0.29) is 18.0 Å². The van der Waals surface area contributed by atoms with Crippen molar-refractivity contribution < 1.29 is 9.63 Å². The van der Waals surface area contributed by atoms with E-state index in [1.807, 2.05) is 6.92 Å². The van der Waals surface area contributed by atoms with Gasteiger partial charge in [-0.15, -0.1) is 11.3 Å². The Bertz CT molecular complexity index is 1960. The van der Waals surface area contributed by atoms with Gasteiger partial charge in [0.15, 0.2) is 22.9 Å². The van der Waals surface area contributed by atoms with Crippen LogP contribution < -0.4 is 10.6 Å². The number of hydrogen-bond acceptors (Lipinski definition) is 11. The van der Waals surface area contributed by atoms with Crippen molar-refractivity contribution in [1.29, 1.82) is 5.26 Å². The van der Waals surface area contributed by atoms with Gasteiger partial charge in [0.1, 0.15) is 16.9 Å². The molecular weight excluding hydrogens is 611 g/mol. The third-order valence-corrected chi connectivity index (χ3v) is 13.4. The van der Waals surface area contributed by atoms with Crippen molar-refractivity contribution in [2.45, 2.75) is 120 Å². The van der Waals surface area contributed by atoms with Crippen molar-refractivity contribution >= 4 is 33.2 Å². The predicted molar refractivity (Wildman–Crippen MR) is 181 cm³/mol. The molecule has 4 aromatic heterocycles. The van der Waals surface area contributed by atoms with Gasteiger partial charge in [-0.3, -0.25) is 0 Å². The number of rotatable bonds is 3. The minimum atomic E-state index is -0.806. The van der Waals surface area contributed by atoms with Gasteiger partial charge in [0.2, 0.25) is 0 Å². The first-order valence-electron chi connectivity index (χ1n) is 17.4. The number of anilines is 2. The molecule has 7 heterocycles. The zero-order chi connectivity index (χ0) is 32.4. The summed E-state index contributed by atoms with van der Waals surface area (Å²) in [5, 5.41) is 33.1.